The Labute approximate surface area is 126 Å². The summed E-state index contributed by atoms with van der Waals surface area (Å²) in [6.07, 6.45) is 1.44. The van der Waals surface area contributed by atoms with E-state index < -0.39 is 10.0 Å². The molecular weight excluding hydrogens is 290 g/mol. The van der Waals surface area contributed by atoms with E-state index in [-0.39, 0.29) is 11.5 Å². The van der Waals surface area contributed by atoms with Crippen LogP contribution in [0.2, 0.25) is 0 Å². The number of aliphatic hydroxyl groups excluding tert-OH is 1. The van der Waals surface area contributed by atoms with Gasteiger partial charge in [-0.3, -0.25) is 0 Å². The molecule has 0 spiro atoms. The third-order valence-electron chi connectivity index (χ3n) is 3.61. The lowest BCUT2D eigenvalue weighted by Crippen LogP contribution is -2.52. The molecule has 21 heavy (non-hydrogen) atoms. The van der Waals surface area contributed by atoms with Crippen molar-refractivity contribution in [1.29, 1.82) is 0 Å². The topological polar surface area (TPSA) is 72.9 Å². The fourth-order valence-corrected chi connectivity index (χ4v) is 3.36. The summed E-state index contributed by atoms with van der Waals surface area (Å²) < 4.78 is 24.6. The maximum Gasteiger partial charge on any atom is 0.253 e. The van der Waals surface area contributed by atoms with Crippen LogP contribution in [0.25, 0.3) is 0 Å². The van der Waals surface area contributed by atoms with E-state index in [0.29, 0.717) is 19.5 Å². The number of hydrogen-bond acceptors (Lipinski definition) is 5. The molecule has 6 nitrogen and oxygen atoms in total. The fraction of sp³-hybridized carbons (Fsp3) is 0.571. The molecular formula is C14H23N3O3S. The number of hydrazine groups is 1. The number of piperazine rings is 1. The van der Waals surface area contributed by atoms with Gasteiger partial charge in [-0.1, -0.05) is 12.1 Å². The molecule has 0 unspecified atom stereocenters. The highest BCUT2D eigenvalue weighted by Crippen LogP contribution is 2.12. The van der Waals surface area contributed by atoms with Crippen LogP contribution in [0, 0.1) is 0 Å². The van der Waals surface area contributed by atoms with Gasteiger partial charge >= 0.3 is 0 Å². The van der Waals surface area contributed by atoms with Crippen LogP contribution in [0.3, 0.4) is 0 Å². The molecule has 1 aromatic rings. The Morgan fingerprint density at radius 2 is 1.76 bits per heavy atom. The first kappa shape index (κ1) is 16.4. The lowest BCUT2D eigenvalue weighted by molar-refractivity contribution is 0.135. The van der Waals surface area contributed by atoms with E-state index in [9.17, 15) is 8.42 Å². The fourth-order valence-electron chi connectivity index (χ4n) is 2.24. The van der Waals surface area contributed by atoms with Gasteiger partial charge in [-0.2, -0.15) is 0 Å². The predicted molar refractivity (Wildman–Crippen MR) is 81.2 cm³/mol. The van der Waals surface area contributed by atoms with Crippen LogP contribution in [-0.2, 0) is 16.4 Å². The zero-order valence-corrected chi connectivity index (χ0v) is 13.1. The third kappa shape index (κ3) is 4.76. The Morgan fingerprint density at radius 3 is 2.33 bits per heavy atom. The van der Waals surface area contributed by atoms with Crippen molar-refractivity contribution in [2.45, 2.75) is 17.7 Å². The van der Waals surface area contributed by atoms with Crippen LogP contribution in [0.15, 0.2) is 29.2 Å². The van der Waals surface area contributed by atoms with Crippen LogP contribution in [0.4, 0.5) is 0 Å². The molecule has 1 fully saturated rings. The number of nitrogens with one attached hydrogen (secondary N) is 1. The third-order valence-corrected chi connectivity index (χ3v) is 5.00. The zero-order valence-electron chi connectivity index (χ0n) is 12.3. The minimum atomic E-state index is -3.51. The summed E-state index contributed by atoms with van der Waals surface area (Å²) in [6, 6.07) is 6.83. The summed E-state index contributed by atoms with van der Waals surface area (Å²) in [6.45, 7) is 3.21. The molecule has 0 saturated carbocycles. The van der Waals surface area contributed by atoms with Crippen molar-refractivity contribution in [3.8, 4) is 0 Å². The Kier molecular flexibility index (Phi) is 5.72. The summed E-state index contributed by atoms with van der Waals surface area (Å²) in [5, 5.41) is 10.5. The van der Waals surface area contributed by atoms with Gasteiger partial charge < -0.3 is 10.0 Å². The van der Waals surface area contributed by atoms with Crippen LogP contribution in [-0.4, -0.2) is 63.3 Å². The van der Waals surface area contributed by atoms with E-state index in [1.807, 2.05) is 7.05 Å². The molecule has 1 saturated heterocycles. The standard InChI is InChI=1S/C14H23N3O3S/c1-16-8-10-17(11-9-16)15-21(19,20)14-6-4-13(5-7-14)3-2-12-18/h4-7,15,18H,2-3,8-12H2,1H3. The summed E-state index contributed by atoms with van der Waals surface area (Å²) in [5.74, 6) is 0. The Hall–Kier alpha value is -0.990. The first-order valence-electron chi connectivity index (χ1n) is 7.17. The van der Waals surface area contributed by atoms with E-state index in [4.69, 9.17) is 5.11 Å². The first-order chi connectivity index (χ1) is 10.0. The van der Waals surface area contributed by atoms with Gasteiger partial charge in [0.05, 0.1) is 4.90 Å². The van der Waals surface area contributed by atoms with Crippen molar-refractivity contribution >= 4 is 10.0 Å². The molecule has 0 radical (unpaired) electrons. The summed E-state index contributed by atoms with van der Waals surface area (Å²) in [7, 11) is -1.48. The van der Waals surface area contributed by atoms with Crippen LogP contribution >= 0.6 is 0 Å². The number of sulfonamides is 1. The lowest BCUT2D eigenvalue weighted by atomic mass is 10.1. The highest BCUT2D eigenvalue weighted by atomic mass is 32.2. The Morgan fingerprint density at radius 1 is 1.14 bits per heavy atom. The largest absolute Gasteiger partial charge is 0.396 e. The van der Waals surface area contributed by atoms with Crippen molar-refractivity contribution in [2.24, 2.45) is 0 Å². The molecule has 7 heteroatoms. The van der Waals surface area contributed by atoms with E-state index in [1.54, 1.807) is 29.3 Å². The number of nitrogens with zero attached hydrogens (tertiary/aromatic N) is 2. The van der Waals surface area contributed by atoms with E-state index in [2.05, 4.69) is 9.73 Å². The molecule has 0 aliphatic carbocycles. The smallest absolute Gasteiger partial charge is 0.253 e. The Bertz CT molecular complexity index is 537. The molecule has 1 aromatic carbocycles. The van der Waals surface area contributed by atoms with Crippen LogP contribution < -0.4 is 4.83 Å². The maximum absolute atomic E-state index is 12.3. The van der Waals surface area contributed by atoms with Crippen molar-refractivity contribution < 1.29 is 13.5 Å². The molecule has 1 aliphatic heterocycles. The van der Waals surface area contributed by atoms with E-state index in [1.165, 1.54) is 0 Å². The predicted octanol–water partition coefficient (Wildman–Crippen LogP) is 0.0522. The van der Waals surface area contributed by atoms with Gasteiger partial charge in [0.25, 0.3) is 10.0 Å². The van der Waals surface area contributed by atoms with Crippen LogP contribution in [0.5, 0.6) is 0 Å². The number of benzene rings is 1. The average molecular weight is 313 g/mol. The average Bonchev–Trinajstić information content (AvgIpc) is 2.48. The highest BCUT2D eigenvalue weighted by Gasteiger charge is 2.21. The van der Waals surface area contributed by atoms with Gasteiger partial charge in [-0.15, -0.1) is 4.83 Å². The second-order valence-electron chi connectivity index (χ2n) is 5.36. The van der Waals surface area contributed by atoms with Crippen molar-refractivity contribution in [3.05, 3.63) is 29.8 Å². The minimum absolute atomic E-state index is 0.144. The van der Waals surface area contributed by atoms with Crippen LogP contribution in [0.1, 0.15) is 12.0 Å². The monoisotopic (exact) mass is 313 g/mol. The van der Waals surface area contributed by atoms with Crippen molar-refractivity contribution in [3.63, 3.8) is 0 Å². The van der Waals surface area contributed by atoms with Gasteiger partial charge in [0.15, 0.2) is 0 Å². The second-order valence-corrected chi connectivity index (χ2v) is 7.02. The number of hydrogen-bond donors (Lipinski definition) is 2. The van der Waals surface area contributed by atoms with Crippen molar-refractivity contribution in [2.75, 3.05) is 39.8 Å². The highest BCUT2D eigenvalue weighted by molar-refractivity contribution is 7.89. The maximum atomic E-state index is 12.3. The quantitative estimate of drug-likeness (QED) is 0.776. The van der Waals surface area contributed by atoms with Crippen molar-refractivity contribution in [1.82, 2.24) is 14.7 Å². The van der Waals surface area contributed by atoms with Gasteiger partial charge in [0, 0.05) is 32.8 Å². The Balaban J connectivity index is 1.98. The van der Waals surface area contributed by atoms with E-state index >= 15 is 0 Å². The lowest BCUT2D eigenvalue weighted by Gasteiger charge is -2.32. The molecule has 0 amide bonds. The van der Waals surface area contributed by atoms with Gasteiger partial charge in [-0.25, -0.2) is 13.4 Å². The molecule has 1 heterocycles. The van der Waals surface area contributed by atoms with Gasteiger partial charge in [0.1, 0.15) is 0 Å². The second kappa shape index (κ2) is 7.33. The molecule has 118 valence electrons. The van der Waals surface area contributed by atoms with Gasteiger partial charge in [0.2, 0.25) is 0 Å². The number of aliphatic hydroxyl groups is 1. The first-order valence-corrected chi connectivity index (χ1v) is 8.65. The summed E-state index contributed by atoms with van der Waals surface area (Å²) >= 11 is 0. The molecule has 2 N–H and O–H groups in total. The summed E-state index contributed by atoms with van der Waals surface area (Å²) in [5.41, 5.74) is 1.03. The summed E-state index contributed by atoms with van der Waals surface area (Å²) in [4.78, 5) is 5.07. The molecule has 0 bridgehead atoms. The SMILES string of the molecule is CN1CCN(NS(=O)(=O)c2ccc(CCCO)cc2)CC1. The number of rotatable bonds is 6. The minimum Gasteiger partial charge on any atom is -0.396 e. The van der Waals surface area contributed by atoms with Gasteiger partial charge in [-0.05, 0) is 37.6 Å². The normalized spacial score (nSPS) is 18.0. The van der Waals surface area contributed by atoms with E-state index in [0.717, 1.165) is 25.1 Å². The molecule has 0 aromatic heterocycles. The molecule has 2 rings (SSSR count). The molecule has 1 aliphatic rings. The number of aryl methyl sites for hydroxylation is 1. The number of likely N-dealkylation sites (N-methyl/N-ethyl adjacent to an activating group) is 1. The zero-order chi connectivity index (χ0) is 15.3. The molecule has 0 atom stereocenters.